The van der Waals surface area contributed by atoms with Gasteiger partial charge in [0.25, 0.3) is 5.91 Å². The number of benzene rings is 2. The number of anilines is 5. The number of thioether (sulfide) groups is 1. The van der Waals surface area contributed by atoms with Crippen LogP contribution in [0.25, 0.3) is 0 Å². The Morgan fingerprint density at radius 3 is 2.51 bits per heavy atom. The Morgan fingerprint density at radius 1 is 0.933 bits per heavy atom. The van der Waals surface area contributed by atoms with E-state index >= 15 is 0 Å². The second-order valence-corrected chi connectivity index (χ2v) is 11.1. The number of likely N-dealkylation sites (tertiary alicyclic amines) is 1. The summed E-state index contributed by atoms with van der Waals surface area (Å²) < 4.78 is 5.89. The van der Waals surface area contributed by atoms with Crippen LogP contribution in [0.1, 0.15) is 29.8 Å². The molecular formula is C33H36N8O3S. The van der Waals surface area contributed by atoms with Gasteiger partial charge in [0.2, 0.25) is 11.9 Å². The van der Waals surface area contributed by atoms with Gasteiger partial charge in [-0.15, -0.1) is 11.8 Å². The highest BCUT2D eigenvalue weighted by Gasteiger charge is 2.11. The number of ether oxygens (including phenoxy) is 1. The van der Waals surface area contributed by atoms with E-state index in [9.17, 15) is 9.59 Å². The summed E-state index contributed by atoms with van der Waals surface area (Å²) in [5.41, 5.74) is 2.51. The molecule has 1 fully saturated rings. The van der Waals surface area contributed by atoms with Crippen molar-refractivity contribution in [2.24, 2.45) is 0 Å². The second-order valence-electron chi connectivity index (χ2n) is 10.3. The fraction of sp³-hybridized carbons (Fsp3) is 0.242. The van der Waals surface area contributed by atoms with Crippen LogP contribution in [0, 0.1) is 0 Å². The van der Waals surface area contributed by atoms with Gasteiger partial charge < -0.3 is 26.0 Å². The van der Waals surface area contributed by atoms with Crippen molar-refractivity contribution >= 4 is 52.4 Å². The predicted octanol–water partition coefficient (Wildman–Crippen LogP) is 6.21. The van der Waals surface area contributed by atoms with Crippen LogP contribution < -0.4 is 26.0 Å². The zero-order chi connectivity index (χ0) is 31.4. The van der Waals surface area contributed by atoms with E-state index in [1.165, 1.54) is 37.2 Å². The first-order chi connectivity index (χ1) is 22.0. The lowest BCUT2D eigenvalue weighted by molar-refractivity contribution is -0.111. The maximum atomic E-state index is 12.5. The van der Waals surface area contributed by atoms with Crippen molar-refractivity contribution in [1.29, 1.82) is 0 Å². The molecule has 4 N–H and O–H groups in total. The topological polar surface area (TPSA) is 133 Å². The normalized spacial score (nSPS) is 13.3. The van der Waals surface area contributed by atoms with Gasteiger partial charge in [-0.1, -0.05) is 18.6 Å². The molecule has 1 aliphatic rings. The summed E-state index contributed by atoms with van der Waals surface area (Å²) in [5.74, 6) is 1.70. The van der Waals surface area contributed by atoms with Gasteiger partial charge in [0.1, 0.15) is 23.0 Å². The molecule has 12 heteroatoms. The van der Waals surface area contributed by atoms with Crippen molar-refractivity contribution in [1.82, 2.24) is 25.2 Å². The average Bonchev–Trinajstić information content (AvgIpc) is 3.06. The Labute approximate surface area is 266 Å². The number of aromatic nitrogens is 3. The van der Waals surface area contributed by atoms with Crippen LogP contribution in [0.3, 0.4) is 0 Å². The van der Waals surface area contributed by atoms with Crippen LogP contribution in [0.15, 0.2) is 90.1 Å². The molecular weight excluding hydrogens is 588 g/mol. The molecule has 4 aromatic rings. The molecule has 0 atom stereocenters. The smallest absolute Gasteiger partial charge is 0.269 e. The van der Waals surface area contributed by atoms with E-state index in [-0.39, 0.29) is 17.5 Å². The molecule has 0 spiro atoms. The summed E-state index contributed by atoms with van der Waals surface area (Å²) in [7, 11) is 1.55. The summed E-state index contributed by atoms with van der Waals surface area (Å²) >= 11 is 1.53. The number of carbonyl (C=O) groups is 2. The van der Waals surface area contributed by atoms with E-state index in [0.717, 1.165) is 35.9 Å². The van der Waals surface area contributed by atoms with Crippen molar-refractivity contribution < 1.29 is 14.3 Å². The Morgan fingerprint density at radius 2 is 1.73 bits per heavy atom. The molecule has 2 aromatic heterocycles. The van der Waals surface area contributed by atoms with Crippen molar-refractivity contribution in [3.05, 3.63) is 90.9 Å². The number of nitrogens with one attached hydrogen (secondary N) is 4. The van der Waals surface area contributed by atoms with Gasteiger partial charge in [-0.25, -0.2) is 4.98 Å². The van der Waals surface area contributed by atoms with Gasteiger partial charge in [0.15, 0.2) is 0 Å². The Kier molecular flexibility index (Phi) is 11.0. The van der Waals surface area contributed by atoms with Gasteiger partial charge in [0, 0.05) is 55.2 Å². The molecule has 45 heavy (non-hydrogen) atoms. The molecule has 5 rings (SSSR count). The molecule has 0 bridgehead atoms. The summed E-state index contributed by atoms with van der Waals surface area (Å²) in [6.45, 7) is 2.98. The third kappa shape index (κ3) is 9.27. The quantitative estimate of drug-likeness (QED) is 0.106. The van der Waals surface area contributed by atoms with Gasteiger partial charge in [-0.2, -0.15) is 4.98 Å². The SMILES string of the molecule is CNC(=O)c1cc(Oc2ccc(Nc3ncc(SC)c(Nc4cccc(NC(=O)/C=C/CN5CCCCC5)c4)n3)cc2)ccn1. The zero-order valence-electron chi connectivity index (χ0n) is 25.2. The number of piperidine rings is 1. The molecule has 0 aliphatic carbocycles. The number of carbonyl (C=O) groups excluding carboxylic acids is 2. The molecule has 1 saturated heterocycles. The Hall–Kier alpha value is -4.94. The molecule has 232 valence electrons. The molecule has 0 radical (unpaired) electrons. The van der Waals surface area contributed by atoms with Crippen LogP contribution in [-0.4, -0.2) is 64.6 Å². The van der Waals surface area contributed by atoms with Crippen LogP contribution >= 0.6 is 11.8 Å². The Bertz CT molecular complexity index is 1640. The van der Waals surface area contributed by atoms with Crippen LogP contribution in [-0.2, 0) is 4.79 Å². The van der Waals surface area contributed by atoms with Crippen molar-refractivity contribution in [3.63, 3.8) is 0 Å². The van der Waals surface area contributed by atoms with Gasteiger partial charge in [-0.3, -0.25) is 19.5 Å². The van der Waals surface area contributed by atoms with Crippen LogP contribution in [0.4, 0.5) is 28.8 Å². The highest BCUT2D eigenvalue weighted by Crippen LogP contribution is 2.29. The van der Waals surface area contributed by atoms with E-state index in [4.69, 9.17) is 9.72 Å². The molecule has 3 heterocycles. The largest absolute Gasteiger partial charge is 0.457 e. The lowest BCUT2D eigenvalue weighted by Gasteiger charge is -2.24. The highest BCUT2D eigenvalue weighted by atomic mass is 32.2. The lowest BCUT2D eigenvalue weighted by Crippen LogP contribution is -2.29. The number of rotatable bonds is 12. The summed E-state index contributed by atoms with van der Waals surface area (Å²) in [5, 5.41) is 12.1. The third-order valence-corrected chi connectivity index (χ3v) is 7.73. The van der Waals surface area contributed by atoms with Crippen molar-refractivity contribution in [2.75, 3.05) is 48.9 Å². The first-order valence-electron chi connectivity index (χ1n) is 14.7. The molecule has 1 aliphatic heterocycles. The van der Waals surface area contributed by atoms with Gasteiger partial charge in [0.05, 0.1) is 4.90 Å². The molecule has 2 aromatic carbocycles. The standard InChI is InChI=1S/C33H36N8O3S/c1-34-32(43)28-21-27(15-16-35-28)44-26-13-11-23(12-14-26)39-33-36-22-29(45-2)31(40-33)38-25-9-6-8-24(20-25)37-30(42)10-7-19-41-17-4-3-5-18-41/h6-16,20-22H,3-5,17-19H2,1-2H3,(H,34,43)(H,37,42)(H2,36,38,39,40)/b10-7+. The van der Waals surface area contributed by atoms with Crippen molar-refractivity contribution in [3.8, 4) is 11.5 Å². The average molecular weight is 625 g/mol. The van der Waals surface area contributed by atoms with E-state index in [1.54, 1.807) is 43.6 Å². The maximum Gasteiger partial charge on any atom is 0.269 e. The van der Waals surface area contributed by atoms with E-state index in [1.807, 2.05) is 48.7 Å². The van der Waals surface area contributed by atoms with Crippen LogP contribution in [0.5, 0.6) is 11.5 Å². The van der Waals surface area contributed by atoms with Gasteiger partial charge >= 0.3 is 0 Å². The zero-order valence-corrected chi connectivity index (χ0v) is 26.1. The maximum absolute atomic E-state index is 12.5. The van der Waals surface area contributed by atoms with Crippen LogP contribution in [0.2, 0.25) is 0 Å². The Balaban J connectivity index is 1.20. The summed E-state index contributed by atoms with van der Waals surface area (Å²) in [6.07, 6.45) is 12.5. The fourth-order valence-corrected chi connectivity index (χ4v) is 5.16. The number of hydrogen-bond donors (Lipinski definition) is 4. The fourth-order valence-electron chi connectivity index (χ4n) is 4.71. The molecule has 0 saturated carbocycles. The summed E-state index contributed by atoms with van der Waals surface area (Å²) in [6, 6.07) is 18.1. The molecule has 11 nitrogen and oxygen atoms in total. The number of nitrogens with zero attached hydrogens (tertiary/aromatic N) is 4. The second kappa shape index (κ2) is 15.7. The first-order valence-corrected chi connectivity index (χ1v) is 15.9. The number of pyridine rings is 1. The highest BCUT2D eigenvalue weighted by molar-refractivity contribution is 7.98. The first kappa shape index (κ1) is 31.5. The number of hydrogen-bond acceptors (Lipinski definition) is 10. The van der Waals surface area contributed by atoms with E-state index in [0.29, 0.717) is 29.0 Å². The third-order valence-electron chi connectivity index (χ3n) is 6.99. The van der Waals surface area contributed by atoms with E-state index in [2.05, 4.69) is 36.1 Å². The summed E-state index contributed by atoms with van der Waals surface area (Å²) in [4.78, 5) is 40.8. The van der Waals surface area contributed by atoms with Crippen molar-refractivity contribution in [2.45, 2.75) is 24.2 Å². The van der Waals surface area contributed by atoms with Gasteiger partial charge in [-0.05, 0) is 80.7 Å². The monoisotopic (exact) mass is 624 g/mol. The minimum atomic E-state index is -0.285. The lowest BCUT2D eigenvalue weighted by atomic mass is 10.1. The predicted molar refractivity (Wildman–Crippen MR) is 179 cm³/mol. The molecule has 2 amide bonds. The number of amides is 2. The minimum Gasteiger partial charge on any atom is -0.457 e. The van der Waals surface area contributed by atoms with E-state index < -0.39 is 0 Å². The molecule has 0 unspecified atom stereocenters. The minimum absolute atomic E-state index is 0.159.